The van der Waals surface area contributed by atoms with Crippen molar-refractivity contribution in [3.63, 3.8) is 0 Å². The number of hydrogen-bond acceptors (Lipinski definition) is 5. The Labute approximate surface area is 150 Å². The summed E-state index contributed by atoms with van der Waals surface area (Å²) in [6.45, 7) is 1.09. The van der Waals surface area contributed by atoms with E-state index in [4.69, 9.17) is 5.11 Å². The predicted octanol–water partition coefficient (Wildman–Crippen LogP) is 0.114. The molecule has 9 nitrogen and oxygen atoms in total. The second-order valence-electron chi connectivity index (χ2n) is 5.82. The van der Waals surface area contributed by atoms with Crippen molar-refractivity contribution in [2.45, 2.75) is 11.4 Å². The summed E-state index contributed by atoms with van der Waals surface area (Å²) >= 11 is 0. The van der Waals surface area contributed by atoms with Crippen LogP contribution < -0.4 is 0 Å². The first-order valence-corrected chi connectivity index (χ1v) is 9.40. The molecule has 0 radical (unpaired) electrons. The van der Waals surface area contributed by atoms with Gasteiger partial charge in [-0.2, -0.15) is 9.40 Å². The number of carbonyl (C=O) groups excluding carboxylic acids is 1. The zero-order valence-corrected chi connectivity index (χ0v) is 14.7. The lowest BCUT2D eigenvalue weighted by Crippen LogP contribution is -2.51. The fourth-order valence-corrected chi connectivity index (χ4v) is 4.15. The average molecular weight is 378 g/mol. The Morgan fingerprint density at radius 3 is 2.27 bits per heavy atom. The summed E-state index contributed by atoms with van der Waals surface area (Å²) in [7, 11) is -3.72. The topological polar surface area (TPSA) is 113 Å². The van der Waals surface area contributed by atoms with Crippen LogP contribution in [-0.4, -0.2) is 70.6 Å². The van der Waals surface area contributed by atoms with Crippen molar-refractivity contribution < 1.29 is 23.1 Å². The lowest BCUT2D eigenvalue weighted by molar-refractivity contribution is -0.133. The number of aromatic carboxylic acids is 1. The Morgan fingerprint density at radius 2 is 1.73 bits per heavy atom. The normalized spacial score (nSPS) is 15.8. The van der Waals surface area contributed by atoms with Crippen LogP contribution in [0.1, 0.15) is 10.4 Å². The Morgan fingerprint density at radius 1 is 1.08 bits per heavy atom. The summed E-state index contributed by atoms with van der Waals surface area (Å²) < 4.78 is 28.2. The van der Waals surface area contributed by atoms with Gasteiger partial charge in [-0.15, -0.1) is 0 Å². The van der Waals surface area contributed by atoms with Gasteiger partial charge in [0.1, 0.15) is 6.54 Å². The standard InChI is InChI=1S/C16H18N4O5S/c21-15(12-19-7-1-6-17-19)18-8-10-20(11-9-18)26(24,25)14-4-2-13(3-5-14)16(22)23/h1-7H,8-12H2,(H,22,23). The molecule has 0 bridgehead atoms. The van der Waals surface area contributed by atoms with Crippen LogP contribution >= 0.6 is 0 Å². The molecule has 2 heterocycles. The molecule has 1 fully saturated rings. The lowest BCUT2D eigenvalue weighted by Gasteiger charge is -2.34. The van der Waals surface area contributed by atoms with Crippen molar-refractivity contribution in [2.75, 3.05) is 26.2 Å². The van der Waals surface area contributed by atoms with Gasteiger partial charge in [-0.1, -0.05) is 0 Å². The second kappa shape index (κ2) is 7.26. The molecule has 1 aromatic carbocycles. The third kappa shape index (κ3) is 3.75. The SMILES string of the molecule is O=C(O)c1ccc(S(=O)(=O)N2CCN(C(=O)Cn3cccn3)CC2)cc1. The molecule has 1 aromatic heterocycles. The average Bonchev–Trinajstić information content (AvgIpc) is 3.15. The molecule has 10 heteroatoms. The number of piperazine rings is 1. The Kier molecular flexibility index (Phi) is 5.05. The fraction of sp³-hybridized carbons (Fsp3) is 0.312. The number of nitrogens with zero attached hydrogens (tertiary/aromatic N) is 4. The molecule has 0 atom stereocenters. The smallest absolute Gasteiger partial charge is 0.335 e. The van der Waals surface area contributed by atoms with E-state index in [1.165, 1.54) is 33.3 Å². The maximum Gasteiger partial charge on any atom is 0.335 e. The van der Waals surface area contributed by atoms with Crippen molar-refractivity contribution in [1.82, 2.24) is 19.0 Å². The van der Waals surface area contributed by atoms with Crippen LogP contribution in [-0.2, 0) is 21.4 Å². The highest BCUT2D eigenvalue weighted by atomic mass is 32.2. The number of amides is 1. The number of aromatic nitrogens is 2. The summed E-state index contributed by atoms with van der Waals surface area (Å²) in [5.74, 6) is -1.23. The molecule has 0 saturated carbocycles. The molecule has 3 rings (SSSR count). The zero-order valence-electron chi connectivity index (χ0n) is 13.9. The maximum atomic E-state index is 12.7. The third-order valence-electron chi connectivity index (χ3n) is 4.19. The number of sulfonamides is 1. The molecule has 0 aliphatic carbocycles. The quantitative estimate of drug-likeness (QED) is 0.790. The van der Waals surface area contributed by atoms with Gasteiger partial charge in [-0.3, -0.25) is 9.48 Å². The maximum absolute atomic E-state index is 12.7. The number of hydrogen-bond donors (Lipinski definition) is 1. The molecule has 26 heavy (non-hydrogen) atoms. The Bertz CT molecular complexity index is 885. The van der Waals surface area contributed by atoms with Gasteiger partial charge in [0.2, 0.25) is 15.9 Å². The van der Waals surface area contributed by atoms with Gasteiger partial charge >= 0.3 is 5.97 Å². The van der Waals surface area contributed by atoms with Crippen LogP contribution in [0.3, 0.4) is 0 Å². The predicted molar refractivity (Wildman–Crippen MR) is 91.0 cm³/mol. The number of benzene rings is 1. The van der Waals surface area contributed by atoms with Gasteiger partial charge in [0.15, 0.2) is 0 Å². The van der Waals surface area contributed by atoms with Crippen LogP contribution in [0.4, 0.5) is 0 Å². The first-order chi connectivity index (χ1) is 12.4. The monoisotopic (exact) mass is 378 g/mol. The largest absolute Gasteiger partial charge is 0.478 e. The number of carboxylic acid groups (broad SMARTS) is 1. The van der Waals surface area contributed by atoms with E-state index in [-0.39, 0.29) is 36.0 Å². The molecule has 2 aromatic rings. The molecule has 1 N–H and O–H groups in total. The molecular formula is C16H18N4O5S. The lowest BCUT2D eigenvalue weighted by atomic mass is 10.2. The summed E-state index contributed by atoms with van der Waals surface area (Å²) in [5, 5.41) is 12.9. The van der Waals surface area contributed by atoms with E-state index in [1.54, 1.807) is 23.4 Å². The van der Waals surface area contributed by atoms with E-state index in [2.05, 4.69) is 5.10 Å². The van der Waals surface area contributed by atoms with Gasteiger partial charge in [-0.05, 0) is 30.3 Å². The summed E-state index contributed by atoms with van der Waals surface area (Å²) in [5.41, 5.74) is 0.0259. The van der Waals surface area contributed by atoms with Gasteiger partial charge in [0.05, 0.1) is 10.5 Å². The molecular weight excluding hydrogens is 360 g/mol. The van der Waals surface area contributed by atoms with Crippen molar-refractivity contribution >= 4 is 21.9 Å². The van der Waals surface area contributed by atoms with Crippen LogP contribution in [0, 0.1) is 0 Å². The highest BCUT2D eigenvalue weighted by Gasteiger charge is 2.30. The van der Waals surface area contributed by atoms with E-state index in [0.717, 1.165) is 0 Å². The number of rotatable bonds is 5. The minimum absolute atomic E-state index is 0.0259. The van der Waals surface area contributed by atoms with E-state index < -0.39 is 16.0 Å². The molecule has 1 amide bonds. The summed E-state index contributed by atoms with van der Waals surface area (Å²) in [6, 6.07) is 6.83. The van der Waals surface area contributed by atoms with Crippen LogP contribution in [0.5, 0.6) is 0 Å². The molecule has 138 valence electrons. The highest BCUT2D eigenvalue weighted by Crippen LogP contribution is 2.18. The molecule has 1 aliphatic heterocycles. The minimum Gasteiger partial charge on any atom is -0.478 e. The minimum atomic E-state index is -3.72. The van der Waals surface area contributed by atoms with E-state index >= 15 is 0 Å². The number of carbonyl (C=O) groups is 2. The Balaban J connectivity index is 1.63. The molecule has 0 unspecified atom stereocenters. The molecule has 1 saturated heterocycles. The van der Waals surface area contributed by atoms with Crippen molar-refractivity contribution in [1.29, 1.82) is 0 Å². The number of carboxylic acids is 1. The molecule has 1 aliphatic rings. The first kappa shape index (κ1) is 18.1. The van der Waals surface area contributed by atoms with E-state index in [0.29, 0.717) is 13.1 Å². The zero-order chi connectivity index (χ0) is 18.7. The second-order valence-corrected chi connectivity index (χ2v) is 7.76. The van der Waals surface area contributed by atoms with Gasteiger partial charge in [0.25, 0.3) is 0 Å². The Hall–Kier alpha value is -2.72. The van der Waals surface area contributed by atoms with E-state index in [1.807, 2.05) is 0 Å². The van der Waals surface area contributed by atoms with Gasteiger partial charge < -0.3 is 10.0 Å². The highest BCUT2D eigenvalue weighted by molar-refractivity contribution is 7.89. The van der Waals surface area contributed by atoms with Crippen molar-refractivity contribution in [3.05, 3.63) is 48.3 Å². The van der Waals surface area contributed by atoms with Crippen LogP contribution in [0.15, 0.2) is 47.6 Å². The van der Waals surface area contributed by atoms with Crippen LogP contribution in [0.2, 0.25) is 0 Å². The van der Waals surface area contributed by atoms with Gasteiger partial charge in [0, 0.05) is 38.6 Å². The summed E-state index contributed by atoms with van der Waals surface area (Å²) in [6.07, 6.45) is 3.28. The molecule has 0 spiro atoms. The van der Waals surface area contributed by atoms with Crippen molar-refractivity contribution in [3.8, 4) is 0 Å². The van der Waals surface area contributed by atoms with Crippen LogP contribution in [0.25, 0.3) is 0 Å². The third-order valence-corrected chi connectivity index (χ3v) is 6.10. The van der Waals surface area contributed by atoms with E-state index in [9.17, 15) is 18.0 Å². The van der Waals surface area contributed by atoms with Gasteiger partial charge in [-0.25, -0.2) is 13.2 Å². The fourth-order valence-electron chi connectivity index (χ4n) is 2.73. The first-order valence-electron chi connectivity index (χ1n) is 7.96. The van der Waals surface area contributed by atoms with Crippen molar-refractivity contribution in [2.24, 2.45) is 0 Å². The summed E-state index contributed by atoms with van der Waals surface area (Å²) in [4.78, 5) is 24.8.